The Morgan fingerprint density at radius 1 is 0.679 bits per heavy atom. The molecular weight excluding hydrogens is 722 g/mol. The van der Waals surface area contributed by atoms with Crippen LogP contribution in [0.5, 0.6) is 0 Å². The summed E-state index contributed by atoms with van der Waals surface area (Å²) in [6.45, 7) is 13.0. The van der Waals surface area contributed by atoms with E-state index in [2.05, 4.69) is 21.3 Å². The number of amides is 4. The van der Waals surface area contributed by atoms with Gasteiger partial charge in [0.15, 0.2) is 19.0 Å². The number of benzene rings is 2. The molecule has 15 heteroatoms. The number of carbonyl (C=O) groups excluding carboxylic acids is 5. The topological polar surface area (TPSA) is 217 Å². The van der Waals surface area contributed by atoms with Crippen molar-refractivity contribution in [3.8, 4) is 0 Å². The highest BCUT2D eigenvalue weighted by atomic mass is 16.7. The number of hydrogen-bond acceptors (Lipinski definition) is 11. The Balaban J connectivity index is 2.73. The molecule has 0 unspecified atom stereocenters. The molecule has 0 radical (unpaired) electrons. The number of hydrogen-bond donors (Lipinski definition) is 6. The van der Waals surface area contributed by atoms with Gasteiger partial charge in [0.05, 0.1) is 13.2 Å². The van der Waals surface area contributed by atoms with Gasteiger partial charge in [-0.15, -0.1) is 0 Å². The molecule has 2 rings (SSSR count). The van der Waals surface area contributed by atoms with Crippen molar-refractivity contribution in [2.75, 3.05) is 20.9 Å². The van der Waals surface area contributed by atoms with Crippen LogP contribution < -0.4 is 27.0 Å². The average molecular weight is 786 g/mol. The third kappa shape index (κ3) is 14.6. The monoisotopic (exact) mass is 785 g/mol. The van der Waals surface area contributed by atoms with E-state index in [1.165, 1.54) is 14.1 Å². The lowest BCUT2D eigenvalue weighted by molar-refractivity contribution is -0.205. The van der Waals surface area contributed by atoms with E-state index in [1.54, 1.807) is 109 Å². The fourth-order valence-electron chi connectivity index (χ4n) is 5.55. The quantitative estimate of drug-likeness (QED) is 0.0798. The minimum Gasteiger partial charge on any atom is -0.437 e. The van der Waals surface area contributed by atoms with E-state index in [-0.39, 0.29) is 19.1 Å². The van der Waals surface area contributed by atoms with E-state index in [0.717, 1.165) is 0 Å². The highest BCUT2D eigenvalue weighted by molar-refractivity contribution is 5.91. The van der Waals surface area contributed by atoms with Gasteiger partial charge < -0.3 is 51.1 Å². The van der Waals surface area contributed by atoms with Crippen molar-refractivity contribution < 1.29 is 48.0 Å². The van der Waals surface area contributed by atoms with Gasteiger partial charge in [0.1, 0.15) is 30.3 Å². The van der Waals surface area contributed by atoms with Gasteiger partial charge in [-0.3, -0.25) is 24.0 Å². The summed E-state index contributed by atoms with van der Waals surface area (Å²) >= 11 is 0. The van der Waals surface area contributed by atoms with Crippen LogP contribution >= 0.6 is 0 Å². The van der Waals surface area contributed by atoms with E-state index < -0.39 is 89.8 Å². The number of ether oxygens (including phenoxy) is 4. The van der Waals surface area contributed by atoms with Gasteiger partial charge in [-0.2, -0.15) is 0 Å². The lowest BCUT2D eigenvalue weighted by Crippen LogP contribution is -2.62. The molecule has 312 valence electrons. The molecular formula is C41H63N5O10. The molecule has 2 aromatic rings. The molecule has 0 aliphatic heterocycles. The molecule has 0 aromatic heterocycles. The Bertz CT molecular complexity index is 1550. The summed E-state index contributed by atoms with van der Waals surface area (Å²) in [4.78, 5) is 67.6. The maximum absolute atomic E-state index is 14.4. The zero-order chi connectivity index (χ0) is 42.2. The van der Waals surface area contributed by atoms with Crippen LogP contribution in [0.2, 0.25) is 0 Å². The number of nitrogens with one attached hydrogen (secondary N) is 4. The number of likely N-dealkylation sites (N-methyl/N-ethyl adjacent to an activating group) is 2. The van der Waals surface area contributed by atoms with Gasteiger partial charge in [0.2, 0.25) is 11.8 Å². The normalized spacial score (nSPS) is 16.1. The van der Waals surface area contributed by atoms with Crippen LogP contribution in [0, 0.1) is 16.7 Å². The van der Waals surface area contributed by atoms with E-state index in [9.17, 15) is 29.1 Å². The maximum Gasteiger partial charge on any atom is 0.325 e. The number of aliphatic hydroxyl groups excluding tert-OH is 1. The Labute approximate surface area is 331 Å². The van der Waals surface area contributed by atoms with Crippen molar-refractivity contribution in [2.45, 2.75) is 118 Å². The Kier molecular flexibility index (Phi) is 19.1. The Morgan fingerprint density at radius 2 is 1.09 bits per heavy atom. The number of rotatable bonds is 21. The Hall–Kier alpha value is -4.41. The summed E-state index contributed by atoms with van der Waals surface area (Å²) < 4.78 is 23.7. The minimum atomic E-state index is -2.01. The lowest BCUT2D eigenvalue weighted by Gasteiger charge is -2.37. The molecule has 2 aromatic carbocycles. The van der Waals surface area contributed by atoms with Crippen molar-refractivity contribution in [2.24, 2.45) is 22.5 Å². The molecule has 0 bridgehead atoms. The largest absolute Gasteiger partial charge is 0.437 e. The summed E-state index contributed by atoms with van der Waals surface area (Å²) in [6, 6.07) is 14.5. The van der Waals surface area contributed by atoms with Crippen LogP contribution in [-0.2, 0) is 56.1 Å². The first-order chi connectivity index (χ1) is 26.3. The van der Waals surface area contributed by atoms with Crippen LogP contribution in [0.15, 0.2) is 60.7 Å². The van der Waals surface area contributed by atoms with E-state index in [1.807, 2.05) is 6.92 Å². The average Bonchev–Trinajstić information content (AvgIpc) is 3.16. The van der Waals surface area contributed by atoms with Crippen molar-refractivity contribution in [3.63, 3.8) is 0 Å². The summed E-state index contributed by atoms with van der Waals surface area (Å²) in [6.07, 6.45) is -6.73. The van der Waals surface area contributed by atoms with Crippen LogP contribution in [0.1, 0.15) is 72.9 Å². The highest BCUT2D eigenvalue weighted by Gasteiger charge is 2.46. The molecule has 4 amide bonds. The van der Waals surface area contributed by atoms with Crippen LogP contribution in [0.4, 0.5) is 0 Å². The first kappa shape index (κ1) is 47.7. The lowest BCUT2D eigenvalue weighted by atomic mass is 9.85. The van der Waals surface area contributed by atoms with Crippen molar-refractivity contribution in [3.05, 3.63) is 71.8 Å². The summed E-state index contributed by atoms with van der Waals surface area (Å²) in [7, 11) is 2.86. The van der Waals surface area contributed by atoms with E-state index in [4.69, 9.17) is 24.7 Å². The van der Waals surface area contributed by atoms with Crippen LogP contribution in [0.3, 0.4) is 0 Å². The number of nitrogens with two attached hydrogens (primary N) is 1. The second-order valence-electron chi connectivity index (χ2n) is 15.9. The van der Waals surface area contributed by atoms with Crippen LogP contribution in [-0.4, -0.2) is 98.1 Å². The highest BCUT2D eigenvalue weighted by Crippen LogP contribution is 2.24. The molecule has 7 N–H and O–H groups in total. The smallest absolute Gasteiger partial charge is 0.325 e. The van der Waals surface area contributed by atoms with Gasteiger partial charge >= 0.3 is 5.97 Å². The third-order valence-electron chi connectivity index (χ3n) is 9.32. The minimum absolute atomic E-state index is 0.172. The van der Waals surface area contributed by atoms with Gasteiger partial charge in [-0.1, -0.05) is 122 Å². The molecule has 0 aliphatic rings. The standard InChI is InChI=1S/C41H63N5O10/c1-11-25(2)28(42)39(52)56-24-55-30(32(54-23-27-20-16-13-17-21-27)36(49)46-34(38(51)44-10)41(6,7)8)29(47)31(53-22-26-18-14-12-15-19-26)35(48)45-33(37(50)43-9)40(3,4)5/h12-21,25,28-34,47H,11,22-24,42H2,1-10H3,(H,43,50)(H,44,51)(H,45,48)(H,46,49)/t25-,28-,29+,30+,31+,32+,33+,34+/m0/s1. The zero-order valence-corrected chi connectivity index (χ0v) is 34.4. The van der Waals surface area contributed by atoms with Gasteiger partial charge in [0, 0.05) is 14.1 Å². The number of aliphatic hydroxyl groups is 1. The molecule has 8 atom stereocenters. The number of esters is 1. The molecule has 56 heavy (non-hydrogen) atoms. The molecule has 15 nitrogen and oxygen atoms in total. The van der Waals surface area contributed by atoms with Gasteiger partial charge in [-0.25, -0.2) is 0 Å². The first-order valence-electron chi connectivity index (χ1n) is 18.8. The van der Waals surface area contributed by atoms with E-state index >= 15 is 0 Å². The molecule has 0 fully saturated rings. The fourth-order valence-corrected chi connectivity index (χ4v) is 5.55. The SMILES string of the molecule is CC[C@H](C)[C@H](N)C(=O)OCO[C@H]([C@@H](O)[C@@H](OCc1ccccc1)C(=O)N[C@H](C(=O)NC)C(C)(C)C)[C@@H](OCc1ccccc1)C(=O)N[C@H](C(=O)NC)C(C)(C)C. The second-order valence-corrected chi connectivity index (χ2v) is 15.9. The summed E-state index contributed by atoms with van der Waals surface area (Å²) in [5, 5.41) is 22.8. The van der Waals surface area contributed by atoms with Crippen molar-refractivity contribution in [1.29, 1.82) is 0 Å². The van der Waals surface area contributed by atoms with Crippen LogP contribution in [0.25, 0.3) is 0 Å². The molecule has 0 spiro atoms. The maximum atomic E-state index is 14.4. The summed E-state index contributed by atoms with van der Waals surface area (Å²) in [5.74, 6) is -3.79. The fraction of sp³-hybridized carbons (Fsp3) is 0.585. The third-order valence-corrected chi connectivity index (χ3v) is 9.32. The predicted octanol–water partition coefficient (Wildman–Crippen LogP) is 2.33. The Morgan fingerprint density at radius 3 is 1.48 bits per heavy atom. The van der Waals surface area contributed by atoms with Gasteiger partial charge in [0.25, 0.3) is 11.8 Å². The molecule has 0 heterocycles. The second kappa shape index (κ2) is 22.4. The van der Waals surface area contributed by atoms with E-state index in [0.29, 0.717) is 17.5 Å². The molecule has 0 saturated heterocycles. The number of carbonyl (C=O) groups is 5. The molecule has 0 aliphatic carbocycles. The first-order valence-corrected chi connectivity index (χ1v) is 18.8. The predicted molar refractivity (Wildman–Crippen MR) is 210 cm³/mol. The van der Waals surface area contributed by atoms with Gasteiger partial charge in [-0.05, 0) is 27.9 Å². The van der Waals surface area contributed by atoms with Crippen molar-refractivity contribution >= 4 is 29.6 Å². The summed E-state index contributed by atoms with van der Waals surface area (Å²) in [5.41, 5.74) is 5.81. The van der Waals surface area contributed by atoms with Crippen molar-refractivity contribution in [1.82, 2.24) is 21.3 Å². The zero-order valence-electron chi connectivity index (χ0n) is 34.4. The molecule has 0 saturated carbocycles.